The van der Waals surface area contributed by atoms with E-state index in [0.717, 1.165) is 4.90 Å². The number of carbonyl (C=O) groups is 5. The normalized spacial score (nSPS) is 21.3. The van der Waals surface area contributed by atoms with Crippen LogP contribution >= 0.6 is 11.8 Å². The minimum Gasteiger partial charge on any atom is -0.480 e. The van der Waals surface area contributed by atoms with Crippen LogP contribution < -0.4 is 40.6 Å². The molecule has 3 atom stereocenters. The van der Waals surface area contributed by atoms with Crippen molar-refractivity contribution in [3.63, 3.8) is 0 Å². The molecule has 13 heteroatoms. The molecule has 29 heavy (non-hydrogen) atoms. The second-order valence-corrected chi connectivity index (χ2v) is 7.43. The minimum atomic E-state index is -1.31. The second-order valence-electron chi connectivity index (χ2n) is 6.33. The van der Waals surface area contributed by atoms with E-state index < -0.39 is 47.2 Å². The van der Waals surface area contributed by atoms with Crippen LogP contribution in [0.4, 0.5) is 0 Å². The van der Waals surface area contributed by atoms with Crippen molar-refractivity contribution in [3.8, 4) is 0 Å². The van der Waals surface area contributed by atoms with Crippen molar-refractivity contribution in [3.05, 3.63) is 11.3 Å². The summed E-state index contributed by atoms with van der Waals surface area (Å²) >= 11 is 1.26. The Morgan fingerprint density at radius 2 is 2.00 bits per heavy atom. The van der Waals surface area contributed by atoms with E-state index in [1.807, 2.05) is 0 Å². The van der Waals surface area contributed by atoms with Gasteiger partial charge in [0.05, 0.1) is 0 Å². The van der Waals surface area contributed by atoms with Crippen LogP contribution in [0.25, 0.3) is 0 Å². The maximum atomic E-state index is 12.4. The molecule has 1 fully saturated rings. The summed E-state index contributed by atoms with van der Waals surface area (Å²) in [4.78, 5) is 58.7. The quantitative estimate of drug-likeness (QED) is 0.157. The molecule has 2 aliphatic heterocycles. The Kier molecular flexibility index (Phi) is 9.62. The monoisotopic (exact) mass is 438 g/mol. The molecular weight excluding hydrogens is 417 g/mol. The second kappa shape index (κ2) is 11.0. The summed E-state index contributed by atoms with van der Waals surface area (Å²) in [5.74, 6) is -3.79. The standard InChI is InChI=1S/C16H21N3O8S.Na/c1-7(20)27-5-8-6-28-14-11(13(22)19(14)12(8)16(25)26)18-10(21)4-2-3-9(17)15(23)24;/h9,11,14H,2-6,17H2,1H3,(H,18,21)(H,23,24)(H,25,26);/q;+1/t9?,11-,14?;/m1./s1. The number of aliphatic carboxylic acids is 2. The van der Waals surface area contributed by atoms with Crippen LogP contribution in [-0.4, -0.2) is 74.7 Å². The molecule has 0 radical (unpaired) electrons. The van der Waals surface area contributed by atoms with Crippen LogP contribution in [0.3, 0.4) is 0 Å². The molecule has 0 saturated carbocycles. The van der Waals surface area contributed by atoms with Crippen LogP contribution in [0.5, 0.6) is 0 Å². The number of fused-ring (bicyclic) bond motifs is 1. The summed E-state index contributed by atoms with van der Waals surface area (Å²) in [6.45, 7) is 0.977. The number of hydrogen-bond donors (Lipinski definition) is 4. The maximum absolute atomic E-state index is 12.4. The van der Waals surface area contributed by atoms with Gasteiger partial charge >= 0.3 is 47.5 Å². The van der Waals surface area contributed by atoms with Gasteiger partial charge in [-0.3, -0.25) is 24.1 Å². The van der Waals surface area contributed by atoms with Gasteiger partial charge in [0.2, 0.25) is 5.91 Å². The Balaban J connectivity index is 0.00000420. The molecule has 0 aromatic carbocycles. The third kappa shape index (κ3) is 6.19. The predicted octanol–water partition coefficient (Wildman–Crippen LogP) is -4.13. The summed E-state index contributed by atoms with van der Waals surface area (Å²) in [6.07, 6.45) is 0.368. The molecule has 2 heterocycles. The summed E-state index contributed by atoms with van der Waals surface area (Å²) in [7, 11) is 0. The smallest absolute Gasteiger partial charge is 0.480 e. The first kappa shape index (κ1) is 25.4. The number of esters is 1. The number of nitrogens with two attached hydrogens (primary N) is 1. The Morgan fingerprint density at radius 1 is 1.34 bits per heavy atom. The van der Waals surface area contributed by atoms with E-state index in [0.29, 0.717) is 5.57 Å². The third-order valence-corrected chi connectivity index (χ3v) is 5.59. The number of thioether (sulfide) groups is 1. The number of β-lactam (4-membered cyclic amide) rings is 1. The molecule has 11 nitrogen and oxygen atoms in total. The van der Waals surface area contributed by atoms with Gasteiger partial charge in [0.25, 0.3) is 5.91 Å². The van der Waals surface area contributed by atoms with E-state index in [1.165, 1.54) is 18.7 Å². The number of carbonyl (C=O) groups excluding carboxylic acids is 3. The fourth-order valence-electron chi connectivity index (χ4n) is 2.83. The average molecular weight is 438 g/mol. The van der Waals surface area contributed by atoms with Crippen molar-refractivity contribution in [2.75, 3.05) is 12.4 Å². The van der Waals surface area contributed by atoms with Crippen molar-refractivity contribution in [1.29, 1.82) is 0 Å². The van der Waals surface area contributed by atoms with Crippen molar-refractivity contribution in [1.82, 2.24) is 10.2 Å². The van der Waals surface area contributed by atoms with E-state index in [4.69, 9.17) is 15.6 Å². The van der Waals surface area contributed by atoms with Crippen LogP contribution in [0, 0.1) is 0 Å². The van der Waals surface area contributed by atoms with Gasteiger partial charge in [0, 0.05) is 24.7 Å². The number of amides is 2. The van der Waals surface area contributed by atoms with E-state index >= 15 is 0 Å². The van der Waals surface area contributed by atoms with Gasteiger partial charge in [-0.25, -0.2) is 4.79 Å². The first-order valence-corrected chi connectivity index (χ1v) is 9.49. The van der Waals surface area contributed by atoms with Crippen molar-refractivity contribution >= 4 is 41.5 Å². The van der Waals surface area contributed by atoms with Crippen LogP contribution in [0.15, 0.2) is 11.3 Å². The van der Waals surface area contributed by atoms with E-state index in [1.54, 1.807) is 0 Å². The molecule has 0 aromatic heterocycles. The van der Waals surface area contributed by atoms with E-state index in [9.17, 15) is 29.1 Å². The van der Waals surface area contributed by atoms with Crippen molar-refractivity contribution in [2.24, 2.45) is 5.73 Å². The first-order chi connectivity index (χ1) is 13.1. The zero-order chi connectivity index (χ0) is 21.0. The molecule has 1 saturated heterocycles. The van der Waals surface area contributed by atoms with Crippen LogP contribution in [0.1, 0.15) is 26.2 Å². The number of nitrogens with zero attached hydrogens (tertiary/aromatic N) is 1. The van der Waals surface area contributed by atoms with Gasteiger partial charge in [-0.1, -0.05) is 0 Å². The number of carboxylic acid groups (broad SMARTS) is 2. The Morgan fingerprint density at radius 3 is 2.55 bits per heavy atom. The topological polar surface area (TPSA) is 176 Å². The van der Waals surface area contributed by atoms with Gasteiger partial charge in [0.1, 0.15) is 29.8 Å². The molecule has 2 unspecified atom stereocenters. The Bertz CT molecular complexity index is 744. The zero-order valence-electron chi connectivity index (χ0n) is 16.0. The van der Waals surface area contributed by atoms with Gasteiger partial charge in [0.15, 0.2) is 0 Å². The van der Waals surface area contributed by atoms with Crippen molar-refractivity contribution in [2.45, 2.75) is 43.6 Å². The third-order valence-electron chi connectivity index (χ3n) is 4.25. The molecule has 154 valence electrons. The molecule has 2 aliphatic rings. The summed E-state index contributed by atoms with van der Waals surface area (Å²) in [6, 6.07) is -1.92. The van der Waals surface area contributed by atoms with Gasteiger partial charge in [-0.15, -0.1) is 11.8 Å². The molecule has 2 amide bonds. The summed E-state index contributed by atoms with van der Waals surface area (Å²) in [5, 5.41) is 20.1. The molecule has 0 bridgehead atoms. The fraction of sp³-hybridized carbons (Fsp3) is 0.562. The van der Waals surface area contributed by atoms with Crippen molar-refractivity contribution < 1.29 is 68.5 Å². The summed E-state index contributed by atoms with van der Waals surface area (Å²) < 4.78 is 4.84. The maximum Gasteiger partial charge on any atom is 1.00 e. The van der Waals surface area contributed by atoms with E-state index in [2.05, 4.69) is 5.32 Å². The molecular formula is C16H21N3NaO8S+. The Labute approximate surface area is 192 Å². The van der Waals surface area contributed by atoms with Gasteiger partial charge in [-0.2, -0.15) is 0 Å². The number of ether oxygens (including phenoxy) is 1. The zero-order valence-corrected chi connectivity index (χ0v) is 18.9. The molecule has 5 N–H and O–H groups in total. The minimum absolute atomic E-state index is 0. The first-order valence-electron chi connectivity index (χ1n) is 8.44. The predicted molar refractivity (Wildman–Crippen MR) is 95.8 cm³/mol. The SMILES string of the molecule is CC(=O)OCC1=C(C(=O)O)N2C(=O)[C@@H](NC(=O)CCCC(N)C(=O)O)C2SC1.[Na+]. The number of hydrogen-bond acceptors (Lipinski definition) is 8. The number of rotatable bonds is 9. The largest absolute Gasteiger partial charge is 1.00 e. The number of nitrogens with one attached hydrogen (secondary N) is 1. The molecule has 0 aromatic rings. The Hall–Kier alpha value is -1.60. The van der Waals surface area contributed by atoms with E-state index in [-0.39, 0.29) is 66.9 Å². The fourth-order valence-corrected chi connectivity index (χ4v) is 4.16. The molecule has 0 spiro atoms. The average Bonchev–Trinajstić information content (AvgIpc) is 2.62. The summed E-state index contributed by atoms with van der Waals surface area (Å²) in [5.41, 5.74) is 5.44. The van der Waals surface area contributed by atoms with Gasteiger partial charge < -0.3 is 26.0 Å². The van der Waals surface area contributed by atoms with Crippen LogP contribution in [-0.2, 0) is 28.7 Å². The number of carboxylic acids is 2. The molecule has 2 rings (SSSR count). The van der Waals surface area contributed by atoms with Gasteiger partial charge in [-0.05, 0) is 12.8 Å². The van der Waals surface area contributed by atoms with Crippen LogP contribution in [0.2, 0.25) is 0 Å². The molecule has 0 aliphatic carbocycles.